The molecule has 1 rings (SSSR count). The molecule has 1 aromatic rings. The van der Waals surface area contributed by atoms with Gasteiger partial charge in [0.15, 0.2) is 5.96 Å². The molecular weight excluding hydrogens is 431 g/mol. The maximum atomic E-state index is 5.63. The molecule has 1 atom stereocenters. The molecule has 2 N–H and O–H groups in total. The molecule has 0 aliphatic rings. The third kappa shape index (κ3) is 10.7. The van der Waals surface area contributed by atoms with E-state index in [1.165, 1.54) is 0 Å². The van der Waals surface area contributed by atoms with Gasteiger partial charge in [-0.1, -0.05) is 13.8 Å². The fraction of sp³-hybridized carbons (Fsp3) is 0.722. The van der Waals surface area contributed by atoms with Crippen molar-refractivity contribution >= 4 is 29.9 Å². The Balaban J connectivity index is 0.00000576. The third-order valence-corrected chi connectivity index (χ3v) is 3.64. The lowest BCUT2D eigenvalue weighted by molar-refractivity contribution is 0.128. The Bertz CT molecular complexity index is 450. The second-order valence-corrected chi connectivity index (χ2v) is 6.44. The second-order valence-electron chi connectivity index (χ2n) is 6.44. The van der Waals surface area contributed by atoms with Crippen LogP contribution in [0, 0.1) is 5.92 Å². The smallest absolute Gasteiger partial charge is 0.191 e. The molecule has 6 nitrogen and oxygen atoms in total. The first-order valence-corrected chi connectivity index (χ1v) is 8.84. The molecule has 146 valence electrons. The number of ether oxygens (including phenoxy) is 1. The van der Waals surface area contributed by atoms with E-state index in [4.69, 9.17) is 9.15 Å². The van der Waals surface area contributed by atoms with Crippen molar-refractivity contribution in [2.24, 2.45) is 10.9 Å². The van der Waals surface area contributed by atoms with Crippen molar-refractivity contribution in [2.45, 2.75) is 33.2 Å². The Hall–Kier alpha value is -0.800. The summed E-state index contributed by atoms with van der Waals surface area (Å²) in [6.07, 6.45) is 2.80. The van der Waals surface area contributed by atoms with E-state index in [-0.39, 0.29) is 30.0 Å². The normalized spacial score (nSPS) is 13.0. The molecule has 0 saturated carbocycles. The summed E-state index contributed by atoms with van der Waals surface area (Å²) >= 11 is 0. The predicted molar refractivity (Wildman–Crippen MR) is 115 cm³/mol. The Morgan fingerprint density at radius 1 is 1.28 bits per heavy atom. The first-order chi connectivity index (χ1) is 11.5. The quantitative estimate of drug-likeness (QED) is 0.227. The average Bonchev–Trinajstić information content (AvgIpc) is 3.04. The van der Waals surface area contributed by atoms with Crippen LogP contribution in [-0.2, 0) is 4.74 Å². The fourth-order valence-electron chi connectivity index (χ4n) is 2.17. The van der Waals surface area contributed by atoms with Crippen molar-refractivity contribution in [3.63, 3.8) is 0 Å². The van der Waals surface area contributed by atoms with Gasteiger partial charge in [-0.3, -0.25) is 9.89 Å². The second kappa shape index (κ2) is 14.4. The molecule has 0 aliphatic heterocycles. The lowest BCUT2D eigenvalue weighted by Gasteiger charge is -2.21. The van der Waals surface area contributed by atoms with Crippen LogP contribution in [0.5, 0.6) is 0 Å². The van der Waals surface area contributed by atoms with E-state index < -0.39 is 0 Å². The highest BCUT2D eigenvalue weighted by Crippen LogP contribution is 2.18. The standard InChI is InChI=1S/C18H34N4O2.HI/c1-6-19-18(20-10-13-23-12-9-15(2)3)21-14-16(22(4)5)17-8-7-11-24-17;/h7-8,11,15-16H,6,9-10,12-14H2,1-5H3,(H2,19,20,21);1H. The highest BCUT2D eigenvalue weighted by molar-refractivity contribution is 14.0. The Morgan fingerprint density at radius 2 is 2.04 bits per heavy atom. The molecule has 0 saturated heterocycles. The van der Waals surface area contributed by atoms with Crippen molar-refractivity contribution in [2.75, 3.05) is 46.9 Å². The third-order valence-electron chi connectivity index (χ3n) is 3.64. The molecular formula is C18H35IN4O2. The molecule has 0 fully saturated rings. The lowest BCUT2D eigenvalue weighted by Crippen LogP contribution is -2.39. The first-order valence-electron chi connectivity index (χ1n) is 8.84. The summed E-state index contributed by atoms with van der Waals surface area (Å²) < 4.78 is 11.1. The van der Waals surface area contributed by atoms with E-state index in [2.05, 4.69) is 41.3 Å². The van der Waals surface area contributed by atoms with Gasteiger partial charge in [0.05, 0.1) is 25.5 Å². The number of aliphatic imine (C=N–C) groups is 1. The minimum absolute atomic E-state index is 0. The summed E-state index contributed by atoms with van der Waals surface area (Å²) in [7, 11) is 4.07. The van der Waals surface area contributed by atoms with Crippen LogP contribution in [0.2, 0.25) is 0 Å². The molecule has 1 aromatic heterocycles. The molecule has 0 radical (unpaired) electrons. The molecule has 7 heteroatoms. The zero-order chi connectivity index (χ0) is 17.8. The van der Waals surface area contributed by atoms with Crippen molar-refractivity contribution < 1.29 is 9.15 Å². The Kier molecular flexibility index (Phi) is 13.9. The van der Waals surface area contributed by atoms with Crippen LogP contribution >= 0.6 is 24.0 Å². The molecule has 25 heavy (non-hydrogen) atoms. The van der Waals surface area contributed by atoms with Gasteiger partial charge in [-0.25, -0.2) is 0 Å². The van der Waals surface area contributed by atoms with Crippen LogP contribution in [0.1, 0.15) is 39.0 Å². The van der Waals surface area contributed by atoms with Crippen LogP contribution in [-0.4, -0.2) is 57.8 Å². The monoisotopic (exact) mass is 466 g/mol. The predicted octanol–water partition coefficient (Wildman–Crippen LogP) is 3.12. The number of furan rings is 1. The van der Waals surface area contributed by atoms with Crippen molar-refractivity contribution in [1.29, 1.82) is 0 Å². The summed E-state index contributed by atoms with van der Waals surface area (Å²) in [5.74, 6) is 2.42. The number of hydrogen-bond donors (Lipinski definition) is 2. The van der Waals surface area contributed by atoms with Gasteiger partial charge in [0.25, 0.3) is 0 Å². The van der Waals surface area contributed by atoms with Crippen molar-refractivity contribution in [1.82, 2.24) is 15.5 Å². The zero-order valence-electron chi connectivity index (χ0n) is 16.2. The van der Waals surface area contributed by atoms with E-state index in [1.54, 1.807) is 6.26 Å². The number of nitrogens with one attached hydrogen (secondary N) is 2. The minimum Gasteiger partial charge on any atom is -0.468 e. The summed E-state index contributed by atoms with van der Waals surface area (Å²) in [6, 6.07) is 4.02. The summed E-state index contributed by atoms with van der Waals surface area (Å²) in [5.41, 5.74) is 0. The minimum atomic E-state index is 0. The highest BCUT2D eigenvalue weighted by atomic mass is 127. The van der Waals surface area contributed by atoms with Crippen LogP contribution < -0.4 is 10.6 Å². The van der Waals surface area contributed by atoms with E-state index in [1.807, 2.05) is 26.2 Å². The Labute approximate surface area is 169 Å². The maximum absolute atomic E-state index is 5.63. The number of likely N-dealkylation sites (N-methyl/N-ethyl adjacent to an activating group) is 1. The van der Waals surface area contributed by atoms with Gasteiger partial charge in [-0.15, -0.1) is 24.0 Å². The van der Waals surface area contributed by atoms with Gasteiger partial charge in [0.2, 0.25) is 0 Å². The average molecular weight is 466 g/mol. The molecule has 0 spiro atoms. The topological polar surface area (TPSA) is 62.0 Å². The molecule has 1 unspecified atom stereocenters. The summed E-state index contributed by atoms with van der Waals surface area (Å²) in [5, 5.41) is 6.58. The van der Waals surface area contributed by atoms with Crippen LogP contribution in [0.3, 0.4) is 0 Å². The van der Waals surface area contributed by atoms with Crippen LogP contribution in [0.4, 0.5) is 0 Å². The zero-order valence-corrected chi connectivity index (χ0v) is 18.6. The number of nitrogens with zero attached hydrogens (tertiary/aromatic N) is 2. The van der Waals surface area contributed by atoms with Gasteiger partial charge in [-0.05, 0) is 45.5 Å². The molecule has 0 aromatic carbocycles. The van der Waals surface area contributed by atoms with E-state index in [0.29, 0.717) is 19.1 Å². The van der Waals surface area contributed by atoms with Gasteiger partial charge in [-0.2, -0.15) is 0 Å². The number of halogens is 1. The summed E-state index contributed by atoms with van der Waals surface area (Å²) in [6.45, 7) is 10.2. The van der Waals surface area contributed by atoms with Gasteiger partial charge >= 0.3 is 0 Å². The van der Waals surface area contributed by atoms with E-state index in [9.17, 15) is 0 Å². The lowest BCUT2D eigenvalue weighted by atomic mass is 10.1. The molecule has 0 bridgehead atoms. The van der Waals surface area contributed by atoms with Gasteiger partial charge < -0.3 is 19.8 Å². The van der Waals surface area contributed by atoms with Crippen molar-refractivity contribution in [3.05, 3.63) is 24.2 Å². The number of hydrogen-bond acceptors (Lipinski definition) is 4. The molecule has 0 amide bonds. The number of rotatable bonds is 11. The molecule has 1 heterocycles. The van der Waals surface area contributed by atoms with Crippen LogP contribution in [0.25, 0.3) is 0 Å². The van der Waals surface area contributed by atoms with Crippen LogP contribution in [0.15, 0.2) is 27.8 Å². The maximum Gasteiger partial charge on any atom is 0.191 e. The first kappa shape index (κ1) is 24.2. The van der Waals surface area contributed by atoms with E-state index >= 15 is 0 Å². The Morgan fingerprint density at radius 3 is 2.60 bits per heavy atom. The largest absolute Gasteiger partial charge is 0.468 e. The van der Waals surface area contributed by atoms with Gasteiger partial charge in [0.1, 0.15) is 5.76 Å². The van der Waals surface area contributed by atoms with Gasteiger partial charge in [0, 0.05) is 19.7 Å². The van der Waals surface area contributed by atoms with Crippen molar-refractivity contribution in [3.8, 4) is 0 Å². The summed E-state index contributed by atoms with van der Waals surface area (Å²) in [4.78, 5) is 6.79. The number of guanidine groups is 1. The SMILES string of the molecule is CCNC(=NCC(c1ccco1)N(C)C)NCCOCCC(C)C.I. The molecule has 0 aliphatic carbocycles. The fourth-order valence-corrected chi connectivity index (χ4v) is 2.17. The van der Waals surface area contributed by atoms with E-state index in [0.717, 1.165) is 37.8 Å². The highest BCUT2D eigenvalue weighted by Gasteiger charge is 2.16.